The predicted molar refractivity (Wildman–Crippen MR) is 114 cm³/mol. The molecule has 1 fully saturated rings. The lowest BCUT2D eigenvalue weighted by Crippen LogP contribution is -2.39. The molecule has 25 heavy (non-hydrogen) atoms. The molecule has 0 spiro atoms. The lowest BCUT2D eigenvalue weighted by Gasteiger charge is -2.12. The molecule has 0 amide bonds. The van der Waals surface area contributed by atoms with Gasteiger partial charge in [0.2, 0.25) is 0 Å². The Morgan fingerprint density at radius 2 is 2.04 bits per heavy atom. The van der Waals surface area contributed by atoms with Crippen molar-refractivity contribution in [1.29, 1.82) is 0 Å². The van der Waals surface area contributed by atoms with E-state index < -0.39 is 0 Å². The number of aliphatic imine (C=N–C) groups is 1. The maximum atomic E-state index is 5.65. The molecule has 0 aromatic rings. The van der Waals surface area contributed by atoms with E-state index in [1.165, 1.54) is 0 Å². The summed E-state index contributed by atoms with van der Waals surface area (Å²) in [6.45, 7) is 12.8. The highest BCUT2D eigenvalue weighted by atomic mass is 127. The second-order valence-corrected chi connectivity index (χ2v) is 6.55. The van der Waals surface area contributed by atoms with Gasteiger partial charge in [-0.1, -0.05) is 13.8 Å². The third-order valence-electron chi connectivity index (χ3n) is 3.77. The molecule has 1 rings (SSSR count). The minimum atomic E-state index is 0. The Morgan fingerprint density at radius 1 is 1.20 bits per heavy atom. The van der Waals surface area contributed by atoms with Gasteiger partial charge in [-0.15, -0.1) is 24.0 Å². The number of hydrogen-bond donors (Lipinski definition) is 2. The highest BCUT2D eigenvalue weighted by Crippen LogP contribution is 2.11. The number of ether oxygens (including phenoxy) is 3. The summed E-state index contributed by atoms with van der Waals surface area (Å²) < 4.78 is 16.8. The van der Waals surface area contributed by atoms with Crippen LogP contribution in [0.25, 0.3) is 0 Å². The van der Waals surface area contributed by atoms with Gasteiger partial charge in [0.25, 0.3) is 0 Å². The number of hydrogen-bond acceptors (Lipinski definition) is 4. The van der Waals surface area contributed by atoms with Crippen LogP contribution >= 0.6 is 24.0 Å². The summed E-state index contributed by atoms with van der Waals surface area (Å²) in [4.78, 5) is 4.56. The second-order valence-electron chi connectivity index (χ2n) is 6.55. The first-order valence-electron chi connectivity index (χ1n) is 9.51. The summed E-state index contributed by atoms with van der Waals surface area (Å²) in [6.07, 6.45) is 4.64. The average Bonchev–Trinajstić information content (AvgIpc) is 3.06. The van der Waals surface area contributed by atoms with Gasteiger partial charge in [0.15, 0.2) is 5.96 Å². The topological polar surface area (TPSA) is 64.1 Å². The molecule has 7 heteroatoms. The zero-order chi connectivity index (χ0) is 17.5. The summed E-state index contributed by atoms with van der Waals surface area (Å²) in [6, 6.07) is 0. The molecule has 0 saturated carbocycles. The van der Waals surface area contributed by atoms with Gasteiger partial charge in [-0.3, -0.25) is 4.99 Å². The van der Waals surface area contributed by atoms with Crippen molar-refractivity contribution in [2.75, 3.05) is 52.7 Å². The first-order valence-corrected chi connectivity index (χ1v) is 9.51. The van der Waals surface area contributed by atoms with Gasteiger partial charge >= 0.3 is 0 Å². The van der Waals surface area contributed by atoms with Crippen molar-refractivity contribution in [3.05, 3.63) is 0 Å². The first-order chi connectivity index (χ1) is 11.7. The fourth-order valence-electron chi connectivity index (χ4n) is 2.35. The van der Waals surface area contributed by atoms with Gasteiger partial charge in [-0.25, -0.2) is 0 Å². The summed E-state index contributed by atoms with van der Waals surface area (Å²) >= 11 is 0. The normalized spacial score (nSPS) is 17.6. The van der Waals surface area contributed by atoms with Crippen LogP contribution in [0.5, 0.6) is 0 Å². The van der Waals surface area contributed by atoms with Crippen molar-refractivity contribution >= 4 is 29.9 Å². The third kappa shape index (κ3) is 14.7. The van der Waals surface area contributed by atoms with Crippen LogP contribution in [0, 0.1) is 5.92 Å². The molecule has 1 aliphatic rings. The van der Waals surface area contributed by atoms with Crippen LogP contribution in [0.3, 0.4) is 0 Å². The van der Waals surface area contributed by atoms with Crippen molar-refractivity contribution in [1.82, 2.24) is 10.6 Å². The highest BCUT2D eigenvalue weighted by molar-refractivity contribution is 14.0. The van der Waals surface area contributed by atoms with Crippen LogP contribution in [0.4, 0.5) is 0 Å². The summed E-state index contributed by atoms with van der Waals surface area (Å²) in [5.74, 6) is 1.54. The molecule has 1 unspecified atom stereocenters. The Kier molecular flexibility index (Phi) is 17.2. The predicted octanol–water partition coefficient (Wildman–Crippen LogP) is 2.81. The number of rotatable bonds is 13. The largest absolute Gasteiger partial charge is 0.380 e. The summed E-state index contributed by atoms with van der Waals surface area (Å²) in [5.41, 5.74) is 0. The van der Waals surface area contributed by atoms with Gasteiger partial charge in [0.1, 0.15) is 0 Å². The first kappa shape index (κ1) is 24.9. The zero-order valence-electron chi connectivity index (χ0n) is 16.2. The van der Waals surface area contributed by atoms with Gasteiger partial charge < -0.3 is 24.8 Å². The summed E-state index contributed by atoms with van der Waals surface area (Å²) in [5, 5.41) is 6.55. The molecule has 1 atom stereocenters. The van der Waals surface area contributed by atoms with Crippen LogP contribution in [-0.2, 0) is 14.2 Å². The van der Waals surface area contributed by atoms with Gasteiger partial charge in [0.05, 0.1) is 19.3 Å². The summed E-state index contributed by atoms with van der Waals surface area (Å²) in [7, 11) is 0. The quantitative estimate of drug-likeness (QED) is 0.187. The van der Waals surface area contributed by atoms with E-state index in [4.69, 9.17) is 14.2 Å². The zero-order valence-corrected chi connectivity index (χ0v) is 18.6. The molecule has 0 aliphatic carbocycles. The van der Waals surface area contributed by atoms with Crippen LogP contribution in [0.15, 0.2) is 4.99 Å². The SMILES string of the molecule is CCNC(=NCCCOCC1CCCO1)NCCOCCC(C)C.I. The molecule has 0 aromatic heterocycles. The van der Waals surface area contributed by atoms with Gasteiger partial charge in [-0.05, 0) is 38.5 Å². The number of halogens is 1. The van der Waals surface area contributed by atoms with Crippen LogP contribution in [-0.4, -0.2) is 64.7 Å². The smallest absolute Gasteiger partial charge is 0.191 e. The van der Waals surface area contributed by atoms with E-state index >= 15 is 0 Å². The number of nitrogens with zero attached hydrogens (tertiary/aromatic N) is 1. The van der Waals surface area contributed by atoms with Crippen molar-refractivity contribution in [2.24, 2.45) is 10.9 Å². The third-order valence-corrected chi connectivity index (χ3v) is 3.77. The lowest BCUT2D eigenvalue weighted by molar-refractivity contribution is 0.0171. The second kappa shape index (κ2) is 17.3. The van der Waals surface area contributed by atoms with Gasteiger partial charge in [-0.2, -0.15) is 0 Å². The molecule has 6 nitrogen and oxygen atoms in total. The Labute approximate surface area is 170 Å². The molecule has 1 aliphatic heterocycles. The molecule has 1 saturated heterocycles. The molecule has 0 aromatic carbocycles. The maximum Gasteiger partial charge on any atom is 0.191 e. The van der Waals surface area contributed by atoms with E-state index in [9.17, 15) is 0 Å². The van der Waals surface area contributed by atoms with E-state index in [-0.39, 0.29) is 24.0 Å². The molecule has 0 radical (unpaired) electrons. The van der Waals surface area contributed by atoms with E-state index in [1.54, 1.807) is 0 Å². The van der Waals surface area contributed by atoms with Gasteiger partial charge in [0, 0.05) is 39.5 Å². The fourth-order valence-corrected chi connectivity index (χ4v) is 2.35. The average molecular weight is 471 g/mol. The molecular formula is C18H38IN3O3. The molecule has 0 bridgehead atoms. The van der Waals surface area contributed by atoms with Crippen molar-refractivity contribution in [3.8, 4) is 0 Å². The standard InChI is InChI=1S/C18H37N3O3.HI/c1-4-19-18(21-10-14-22-13-8-16(2)3)20-9-6-11-23-15-17-7-5-12-24-17;/h16-17H,4-15H2,1-3H3,(H2,19,20,21);1H. The van der Waals surface area contributed by atoms with Crippen molar-refractivity contribution in [3.63, 3.8) is 0 Å². The minimum absolute atomic E-state index is 0. The van der Waals surface area contributed by atoms with E-state index in [0.717, 1.165) is 77.7 Å². The fraction of sp³-hybridized carbons (Fsp3) is 0.944. The minimum Gasteiger partial charge on any atom is -0.380 e. The van der Waals surface area contributed by atoms with Crippen LogP contribution < -0.4 is 10.6 Å². The van der Waals surface area contributed by atoms with Crippen LogP contribution in [0.2, 0.25) is 0 Å². The molecular weight excluding hydrogens is 433 g/mol. The van der Waals surface area contributed by atoms with E-state index in [1.807, 2.05) is 0 Å². The Balaban J connectivity index is 0.00000576. The van der Waals surface area contributed by atoms with E-state index in [0.29, 0.717) is 18.6 Å². The van der Waals surface area contributed by atoms with Crippen LogP contribution in [0.1, 0.15) is 46.5 Å². The van der Waals surface area contributed by atoms with E-state index in [2.05, 4.69) is 36.4 Å². The van der Waals surface area contributed by atoms with Crippen molar-refractivity contribution in [2.45, 2.75) is 52.6 Å². The number of nitrogens with one attached hydrogen (secondary N) is 2. The Morgan fingerprint density at radius 3 is 2.72 bits per heavy atom. The molecule has 2 N–H and O–H groups in total. The van der Waals surface area contributed by atoms with Crippen molar-refractivity contribution < 1.29 is 14.2 Å². The molecule has 150 valence electrons. The lowest BCUT2D eigenvalue weighted by atomic mass is 10.1. The monoisotopic (exact) mass is 471 g/mol. The Hall–Kier alpha value is -0.120. The maximum absolute atomic E-state index is 5.65. The number of guanidine groups is 1. The molecule has 1 heterocycles. The Bertz CT molecular complexity index is 325. The highest BCUT2D eigenvalue weighted by Gasteiger charge is 2.14.